The monoisotopic (exact) mass is 303 g/mol. The fourth-order valence-corrected chi connectivity index (χ4v) is 2.27. The van der Waals surface area contributed by atoms with E-state index in [2.05, 4.69) is 43.4 Å². The lowest BCUT2D eigenvalue weighted by Gasteiger charge is -2.11. The number of halogens is 1. The number of ether oxygens (including phenoxy) is 1. The first-order valence-corrected chi connectivity index (χ1v) is 7.84. The number of anilines is 1. The summed E-state index contributed by atoms with van der Waals surface area (Å²) in [4.78, 5) is 0. The lowest BCUT2D eigenvalue weighted by atomic mass is 10.1. The molecule has 0 aliphatic heterocycles. The van der Waals surface area contributed by atoms with Crippen LogP contribution in [0.2, 0.25) is 5.02 Å². The molecule has 0 unspecified atom stereocenters. The summed E-state index contributed by atoms with van der Waals surface area (Å²) in [5, 5.41) is 4.03. The Labute approximate surface area is 132 Å². The topological polar surface area (TPSA) is 21.3 Å². The second kappa shape index (κ2) is 7.94. The molecule has 0 aromatic heterocycles. The third-order valence-corrected chi connectivity index (χ3v) is 3.62. The molecule has 0 saturated carbocycles. The molecular weight excluding hydrogens is 282 g/mol. The third-order valence-electron chi connectivity index (χ3n) is 3.32. The zero-order chi connectivity index (χ0) is 15.1. The van der Waals surface area contributed by atoms with Crippen molar-refractivity contribution in [3.63, 3.8) is 0 Å². The van der Waals surface area contributed by atoms with Crippen LogP contribution in [0.1, 0.15) is 31.4 Å². The van der Waals surface area contributed by atoms with Crippen LogP contribution < -0.4 is 10.1 Å². The highest BCUT2D eigenvalue weighted by atomic mass is 35.5. The number of rotatable bonds is 7. The van der Waals surface area contributed by atoms with E-state index in [1.54, 1.807) is 0 Å². The van der Waals surface area contributed by atoms with Gasteiger partial charge in [-0.3, -0.25) is 0 Å². The summed E-state index contributed by atoms with van der Waals surface area (Å²) in [6.07, 6.45) is 2.05. The van der Waals surface area contributed by atoms with Crippen molar-refractivity contribution in [2.45, 2.75) is 33.2 Å². The molecule has 1 N–H and O–H groups in total. The first-order chi connectivity index (χ1) is 10.2. The third kappa shape index (κ3) is 4.68. The van der Waals surface area contributed by atoms with Crippen LogP contribution in [0.15, 0.2) is 42.5 Å². The van der Waals surface area contributed by atoms with Gasteiger partial charge in [0, 0.05) is 12.2 Å². The minimum atomic E-state index is 0.648. The molecule has 2 aromatic carbocycles. The van der Waals surface area contributed by atoms with E-state index in [9.17, 15) is 0 Å². The lowest BCUT2D eigenvalue weighted by Crippen LogP contribution is -2.00. The number of nitrogens with one attached hydrogen (secondary N) is 1. The molecule has 21 heavy (non-hydrogen) atoms. The first kappa shape index (κ1) is 15.7. The molecule has 0 aliphatic rings. The van der Waals surface area contributed by atoms with Crippen LogP contribution in [0.25, 0.3) is 0 Å². The van der Waals surface area contributed by atoms with Gasteiger partial charge in [-0.05, 0) is 42.2 Å². The van der Waals surface area contributed by atoms with Gasteiger partial charge >= 0.3 is 0 Å². The molecule has 2 aromatic rings. The van der Waals surface area contributed by atoms with Crippen molar-refractivity contribution in [2.75, 3.05) is 11.9 Å². The molecule has 112 valence electrons. The smallest absolute Gasteiger partial charge is 0.138 e. The largest absolute Gasteiger partial charge is 0.492 e. The van der Waals surface area contributed by atoms with Gasteiger partial charge in [0.05, 0.1) is 11.6 Å². The predicted molar refractivity (Wildman–Crippen MR) is 90.4 cm³/mol. The molecule has 0 atom stereocenters. The molecule has 0 heterocycles. The summed E-state index contributed by atoms with van der Waals surface area (Å²) in [5.41, 5.74) is 3.62. The minimum Gasteiger partial charge on any atom is -0.492 e. The molecule has 0 bridgehead atoms. The maximum absolute atomic E-state index is 6.22. The van der Waals surface area contributed by atoms with Crippen molar-refractivity contribution < 1.29 is 4.74 Å². The Morgan fingerprint density at radius 3 is 2.33 bits per heavy atom. The summed E-state index contributed by atoms with van der Waals surface area (Å²) < 4.78 is 5.57. The molecule has 0 spiro atoms. The van der Waals surface area contributed by atoms with E-state index >= 15 is 0 Å². The molecule has 0 radical (unpaired) electrons. The molecule has 0 aliphatic carbocycles. The molecule has 2 nitrogen and oxygen atoms in total. The maximum atomic E-state index is 6.22. The van der Waals surface area contributed by atoms with Crippen LogP contribution >= 0.6 is 11.6 Å². The summed E-state index contributed by atoms with van der Waals surface area (Å²) in [6.45, 7) is 5.72. The highest BCUT2D eigenvalue weighted by molar-refractivity contribution is 6.32. The van der Waals surface area contributed by atoms with E-state index in [1.165, 1.54) is 11.1 Å². The van der Waals surface area contributed by atoms with Crippen LogP contribution in [0.4, 0.5) is 5.69 Å². The summed E-state index contributed by atoms with van der Waals surface area (Å²) in [5.74, 6) is 0.747. The molecule has 0 fully saturated rings. The normalized spacial score (nSPS) is 10.4. The molecule has 0 amide bonds. The van der Waals surface area contributed by atoms with Gasteiger partial charge in [-0.2, -0.15) is 0 Å². The van der Waals surface area contributed by atoms with Crippen molar-refractivity contribution in [1.29, 1.82) is 0 Å². The van der Waals surface area contributed by atoms with Gasteiger partial charge < -0.3 is 10.1 Å². The van der Waals surface area contributed by atoms with Gasteiger partial charge in [0.1, 0.15) is 5.75 Å². The molecular formula is C18H22ClNO. The second-order valence-corrected chi connectivity index (χ2v) is 5.42. The van der Waals surface area contributed by atoms with E-state index in [-0.39, 0.29) is 0 Å². The van der Waals surface area contributed by atoms with Crippen molar-refractivity contribution in [2.24, 2.45) is 0 Å². The zero-order valence-corrected chi connectivity index (χ0v) is 13.4. The van der Waals surface area contributed by atoms with Crippen molar-refractivity contribution in [1.82, 2.24) is 0 Å². The van der Waals surface area contributed by atoms with Gasteiger partial charge in [0.2, 0.25) is 0 Å². The Hall–Kier alpha value is -1.67. The fraction of sp³-hybridized carbons (Fsp3) is 0.333. The Morgan fingerprint density at radius 2 is 1.71 bits per heavy atom. The fourth-order valence-electron chi connectivity index (χ4n) is 2.04. The zero-order valence-electron chi connectivity index (χ0n) is 12.7. The number of benzene rings is 2. The average Bonchev–Trinajstić information content (AvgIpc) is 2.52. The van der Waals surface area contributed by atoms with E-state index in [0.29, 0.717) is 11.6 Å². The summed E-state index contributed by atoms with van der Waals surface area (Å²) >= 11 is 6.22. The molecule has 2 rings (SSSR count). The van der Waals surface area contributed by atoms with E-state index in [0.717, 1.165) is 30.8 Å². The Balaban J connectivity index is 1.94. The SMILES string of the molecule is CCCOc1ccc(NCc2ccc(CC)cc2)cc1Cl. The Kier molecular flexibility index (Phi) is 5.94. The standard InChI is InChI=1S/C18H22ClNO/c1-3-11-21-18-10-9-16(12-17(18)19)20-13-15-7-5-14(4-2)6-8-15/h5-10,12,20H,3-4,11,13H2,1-2H3. The van der Waals surface area contributed by atoms with Crippen molar-refractivity contribution in [3.05, 3.63) is 58.6 Å². The van der Waals surface area contributed by atoms with Crippen LogP contribution in [0.5, 0.6) is 5.75 Å². The Bertz CT molecular complexity index is 566. The van der Waals surface area contributed by atoms with Crippen LogP contribution in [-0.4, -0.2) is 6.61 Å². The quantitative estimate of drug-likeness (QED) is 0.749. The maximum Gasteiger partial charge on any atom is 0.138 e. The van der Waals surface area contributed by atoms with E-state index < -0.39 is 0 Å². The second-order valence-electron chi connectivity index (χ2n) is 5.02. The van der Waals surface area contributed by atoms with Gasteiger partial charge in [-0.1, -0.05) is 49.7 Å². The number of hydrogen-bond donors (Lipinski definition) is 1. The van der Waals surface area contributed by atoms with Gasteiger partial charge in [0.15, 0.2) is 0 Å². The van der Waals surface area contributed by atoms with E-state index in [1.807, 2.05) is 18.2 Å². The molecule has 0 saturated heterocycles. The summed E-state index contributed by atoms with van der Waals surface area (Å²) in [7, 11) is 0. The molecule has 3 heteroatoms. The van der Waals surface area contributed by atoms with Crippen LogP contribution in [0, 0.1) is 0 Å². The van der Waals surface area contributed by atoms with Gasteiger partial charge in [-0.15, -0.1) is 0 Å². The average molecular weight is 304 g/mol. The number of hydrogen-bond acceptors (Lipinski definition) is 2. The van der Waals surface area contributed by atoms with E-state index in [4.69, 9.17) is 16.3 Å². The van der Waals surface area contributed by atoms with Crippen molar-refractivity contribution in [3.8, 4) is 5.75 Å². The highest BCUT2D eigenvalue weighted by Crippen LogP contribution is 2.28. The first-order valence-electron chi connectivity index (χ1n) is 7.47. The Morgan fingerprint density at radius 1 is 1.00 bits per heavy atom. The highest BCUT2D eigenvalue weighted by Gasteiger charge is 2.03. The van der Waals surface area contributed by atoms with Crippen molar-refractivity contribution >= 4 is 17.3 Å². The van der Waals surface area contributed by atoms with Gasteiger partial charge in [-0.25, -0.2) is 0 Å². The summed E-state index contributed by atoms with van der Waals surface area (Å²) in [6, 6.07) is 14.5. The van der Waals surface area contributed by atoms with Crippen LogP contribution in [0.3, 0.4) is 0 Å². The predicted octanol–water partition coefficient (Wildman–Crippen LogP) is 5.30. The lowest BCUT2D eigenvalue weighted by molar-refractivity contribution is 0.317. The van der Waals surface area contributed by atoms with Gasteiger partial charge in [0.25, 0.3) is 0 Å². The number of aryl methyl sites for hydroxylation is 1. The minimum absolute atomic E-state index is 0.648. The van der Waals surface area contributed by atoms with Crippen LogP contribution in [-0.2, 0) is 13.0 Å².